The molecule has 2 N–H and O–H groups in total. The molecule has 1 atom stereocenters. The third kappa shape index (κ3) is 4.40. The Hall–Kier alpha value is -0.120. The Morgan fingerprint density at radius 3 is 2.93 bits per heavy atom. The van der Waals surface area contributed by atoms with Crippen molar-refractivity contribution in [3.05, 3.63) is 0 Å². The summed E-state index contributed by atoms with van der Waals surface area (Å²) in [5, 5.41) is 0. The summed E-state index contributed by atoms with van der Waals surface area (Å²) in [6.07, 6.45) is 5.29. The topological polar surface area (TPSA) is 38.5 Å². The predicted molar refractivity (Wildman–Crippen MR) is 59.4 cm³/mol. The quantitative estimate of drug-likeness (QED) is 0.725. The lowest BCUT2D eigenvalue weighted by Crippen LogP contribution is -2.30. The van der Waals surface area contributed by atoms with E-state index in [0.29, 0.717) is 6.10 Å². The van der Waals surface area contributed by atoms with Gasteiger partial charge in [0.25, 0.3) is 0 Å². The molecule has 1 unspecified atom stereocenters. The molecule has 1 heterocycles. The summed E-state index contributed by atoms with van der Waals surface area (Å²) in [4.78, 5) is 2.45. The monoisotopic (exact) mass is 200 g/mol. The predicted octanol–water partition coefficient (Wildman–Crippen LogP) is 1.23. The fourth-order valence-corrected chi connectivity index (χ4v) is 1.98. The Morgan fingerprint density at radius 1 is 1.36 bits per heavy atom. The summed E-state index contributed by atoms with van der Waals surface area (Å²) < 4.78 is 5.78. The standard InChI is InChI=1S/C11H24N2O/c1-2-10-14-11-4-3-7-13(8-5-11)9-6-12/h11H,2-10,12H2,1H3. The van der Waals surface area contributed by atoms with Crippen molar-refractivity contribution in [2.24, 2.45) is 5.73 Å². The smallest absolute Gasteiger partial charge is 0.0587 e. The van der Waals surface area contributed by atoms with Gasteiger partial charge in [0, 0.05) is 26.2 Å². The number of nitrogens with two attached hydrogens (primary N) is 1. The van der Waals surface area contributed by atoms with Gasteiger partial charge < -0.3 is 15.4 Å². The van der Waals surface area contributed by atoms with E-state index in [1.807, 2.05) is 0 Å². The Kier molecular flexibility index (Phi) is 6.15. The summed E-state index contributed by atoms with van der Waals surface area (Å²) >= 11 is 0. The van der Waals surface area contributed by atoms with Gasteiger partial charge in [-0.25, -0.2) is 0 Å². The molecular weight excluding hydrogens is 176 g/mol. The van der Waals surface area contributed by atoms with Gasteiger partial charge in [-0.2, -0.15) is 0 Å². The molecule has 1 aliphatic rings. The maximum atomic E-state index is 5.78. The fraction of sp³-hybridized carbons (Fsp3) is 1.00. The molecule has 0 amide bonds. The molecule has 1 aliphatic heterocycles. The number of hydrogen-bond acceptors (Lipinski definition) is 3. The molecule has 14 heavy (non-hydrogen) atoms. The lowest BCUT2D eigenvalue weighted by Gasteiger charge is -2.18. The van der Waals surface area contributed by atoms with Crippen LogP contribution in [0.15, 0.2) is 0 Å². The van der Waals surface area contributed by atoms with E-state index in [1.54, 1.807) is 0 Å². The zero-order valence-corrected chi connectivity index (χ0v) is 9.37. The van der Waals surface area contributed by atoms with Gasteiger partial charge in [0.2, 0.25) is 0 Å². The maximum Gasteiger partial charge on any atom is 0.0587 e. The molecule has 0 radical (unpaired) electrons. The van der Waals surface area contributed by atoms with Gasteiger partial charge in [0.1, 0.15) is 0 Å². The SMILES string of the molecule is CCCOC1CCCN(CCN)CC1. The Bertz CT molecular complexity index is 141. The largest absolute Gasteiger partial charge is 0.378 e. The Morgan fingerprint density at radius 2 is 2.21 bits per heavy atom. The van der Waals surface area contributed by atoms with Crippen LogP contribution in [-0.4, -0.2) is 43.8 Å². The van der Waals surface area contributed by atoms with Gasteiger partial charge in [-0.15, -0.1) is 0 Å². The van der Waals surface area contributed by atoms with Crippen molar-refractivity contribution in [2.75, 3.05) is 32.8 Å². The van der Waals surface area contributed by atoms with Crippen molar-refractivity contribution >= 4 is 0 Å². The zero-order chi connectivity index (χ0) is 10.2. The van der Waals surface area contributed by atoms with E-state index in [-0.39, 0.29) is 0 Å². The van der Waals surface area contributed by atoms with Crippen LogP contribution >= 0.6 is 0 Å². The molecule has 0 spiro atoms. The first kappa shape index (κ1) is 12.0. The molecular formula is C11H24N2O. The molecule has 1 fully saturated rings. The van der Waals surface area contributed by atoms with Gasteiger partial charge in [-0.05, 0) is 32.2 Å². The van der Waals surface area contributed by atoms with Crippen LogP contribution in [0.25, 0.3) is 0 Å². The first-order valence-corrected chi connectivity index (χ1v) is 5.90. The van der Waals surface area contributed by atoms with Crippen molar-refractivity contribution in [2.45, 2.75) is 38.7 Å². The molecule has 3 nitrogen and oxygen atoms in total. The van der Waals surface area contributed by atoms with Gasteiger partial charge in [0.05, 0.1) is 6.10 Å². The van der Waals surface area contributed by atoms with Crippen LogP contribution < -0.4 is 5.73 Å². The normalized spacial score (nSPS) is 24.9. The van der Waals surface area contributed by atoms with Gasteiger partial charge in [-0.3, -0.25) is 0 Å². The molecule has 0 bridgehead atoms. The maximum absolute atomic E-state index is 5.78. The summed E-state index contributed by atoms with van der Waals surface area (Å²) in [5.74, 6) is 0. The van der Waals surface area contributed by atoms with Crippen molar-refractivity contribution in [1.82, 2.24) is 4.90 Å². The number of ether oxygens (including phenoxy) is 1. The molecule has 1 saturated heterocycles. The molecule has 0 aromatic carbocycles. The first-order chi connectivity index (χ1) is 6.86. The molecule has 0 aromatic rings. The minimum Gasteiger partial charge on any atom is -0.378 e. The fourth-order valence-electron chi connectivity index (χ4n) is 1.98. The van der Waals surface area contributed by atoms with Crippen molar-refractivity contribution in [1.29, 1.82) is 0 Å². The highest BCUT2D eigenvalue weighted by atomic mass is 16.5. The van der Waals surface area contributed by atoms with E-state index in [4.69, 9.17) is 10.5 Å². The van der Waals surface area contributed by atoms with Crippen LogP contribution in [0.5, 0.6) is 0 Å². The third-order valence-electron chi connectivity index (χ3n) is 2.77. The second-order valence-corrected chi connectivity index (χ2v) is 4.05. The third-order valence-corrected chi connectivity index (χ3v) is 2.77. The van der Waals surface area contributed by atoms with Crippen LogP contribution in [0.1, 0.15) is 32.6 Å². The van der Waals surface area contributed by atoms with Crippen molar-refractivity contribution in [3.8, 4) is 0 Å². The highest BCUT2D eigenvalue weighted by Crippen LogP contribution is 2.13. The minimum atomic E-state index is 0.498. The van der Waals surface area contributed by atoms with Crippen LogP contribution in [-0.2, 0) is 4.74 Å². The van der Waals surface area contributed by atoms with E-state index in [9.17, 15) is 0 Å². The zero-order valence-electron chi connectivity index (χ0n) is 9.37. The number of nitrogens with zero attached hydrogens (tertiary/aromatic N) is 1. The van der Waals surface area contributed by atoms with E-state index in [1.165, 1.54) is 25.8 Å². The molecule has 84 valence electrons. The lowest BCUT2D eigenvalue weighted by molar-refractivity contribution is 0.0439. The van der Waals surface area contributed by atoms with Gasteiger partial charge >= 0.3 is 0 Å². The molecule has 1 rings (SSSR count). The highest BCUT2D eigenvalue weighted by Gasteiger charge is 2.16. The summed E-state index contributed by atoms with van der Waals surface area (Å²) in [6.45, 7) is 7.26. The molecule has 0 saturated carbocycles. The van der Waals surface area contributed by atoms with Gasteiger partial charge in [0.15, 0.2) is 0 Å². The average molecular weight is 200 g/mol. The lowest BCUT2D eigenvalue weighted by atomic mass is 10.2. The number of likely N-dealkylation sites (tertiary alicyclic amines) is 1. The molecule has 0 aliphatic carbocycles. The van der Waals surface area contributed by atoms with Gasteiger partial charge in [-0.1, -0.05) is 6.92 Å². The van der Waals surface area contributed by atoms with E-state index >= 15 is 0 Å². The summed E-state index contributed by atoms with van der Waals surface area (Å²) in [6, 6.07) is 0. The van der Waals surface area contributed by atoms with E-state index in [0.717, 1.165) is 32.7 Å². The average Bonchev–Trinajstić information content (AvgIpc) is 2.41. The van der Waals surface area contributed by atoms with E-state index < -0.39 is 0 Å². The summed E-state index contributed by atoms with van der Waals surface area (Å²) in [5.41, 5.74) is 5.55. The summed E-state index contributed by atoms with van der Waals surface area (Å²) in [7, 11) is 0. The van der Waals surface area contributed by atoms with Crippen molar-refractivity contribution < 1.29 is 4.74 Å². The second-order valence-electron chi connectivity index (χ2n) is 4.05. The highest BCUT2D eigenvalue weighted by molar-refractivity contribution is 4.70. The second kappa shape index (κ2) is 7.21. The van der Waals surface area contributed by atoms with Crippen LogP contribution in [0.2, 0.25) is 0 Å². The van der Waals surface area contributed by atoms with Crippen LogP contribution in [0.3, 0.4) is 0 Å². The minimum absolute atomic E-state index is 0.498. The number of rotatable bonds is 5. The van der Waals surface area contributed by atoms with Crippen LogP contribution in [0, 0.1) is 0 Å². The first-order valence-electron chi connectivity index (χ1n) is 5.90. The van der Waals surface area contributed by atoms with Crippen LogP contribution in [0.4, 0.5) is 0 Å². The number of hydrogen-bond donors (Lipinski definition) is 1. The van der Waals surface area contributed by atoms with E-state index in [2.05, 4.69) is 11.8 Å². The molecule has 0 aromatic heterocycles. The Balaban J connectivity index is 2.19. The molecule has 3 heteroatoms. The Labute approximate surface area is 87.6 Å². The van der Waals surface area contributed by atoms with Crippen molar-refractivity contribution in [3.63, 3.8) is 0 Å².